The van der Waals surface area contributed by atoms with Crippen molar-refractivity contribution in [3.63, 3.8) is 0 Å². The maximum absolute atomic E-state index is 9.43. The molecule has 0 aromatic heterocycles. The first-order chi connectivity index (χ1) is 7.12. The van der Waals surface area contributed by atoms with E-state index in [2.05, 4.69) is 0 Å². The Morgan fingerprint density at radius 2 is 1.27 bits per heavy atom. The van der Waals surface area contributed by atoms with Gasteiger partial charge in [-0.25, -0.2) is 0 Å². The van der Waals surface area contributed by atoms with E-state index in [4.69, 9.17) is 14.2 Å². The average molecular weight is 221 g/mol. The second kappa shape index (κ2) is 13.4. The van der Waals surface area contributed by atoms with Gasteiger partial charge < -0.3 is 19.1 Å². The van der Waals surface area contributed by atoms with E-state index in [1.807, 2.05) is 20.8 Å². The van der Waals surface area contributed by atoms with E-state index in [1.165, 1.54) is 4.90 Å². The zero-order valence-corrected chi connectivity index (χ0v) is 10.4. The fourth-order valence-electron chi connectivity index (χ4n) is 0.553. The minimum atomic E-state index is -0.472. The Hall–Kier alpha value is -0.650. The van der Waals surface area contributed by atoms with Crippen molar-refractivity contribution in [2.24, 2.45) is 0 Å². The van der Waals surface area contributed by atoms with Gasteiger partial charge in [0, 0.05) is 33.9 Å². The van der Waals surface area contributed by atoms with Crippen LogP contribution in [0.25, 0.3) is 0 Å². The van der Waals surface area contributed by atoms with Gasteiger partial charge in [0.2, 0.25) is 6.41 Å². The van der Waals surface area contributed by atoms with Crippen LogP contribution in [0.2, 0.25) is 0 Å². The van der Waals surface area contributed by atoms with Crippen LogP contribution in [0, 0.1) is 0 Å². The van der Waals surface area contributed by atoms with Crippen molar-refractivity contribution in [1.29, 1.82) is 0 Å². The van der Waals surface area contributed by atoms with Crippen LogP contribution in [0.4, 0.5) is 0 Å². The van der Waals surface area contributed by atoms with Gasteiger partial charge in [0.15, 0.2) is 0 Å². The van der Waals surface area contributed by atoms with Crippen LogP contribution in [0.5, 0.6) is 0 Å². The molecule has 5 nitrogen and oxygen atoms in total. The van der Waals surface area contributed by atoms with Gasteiger partial charge >= 0.3 is 0 Å². The first kappa shape index (κ1) is 16.8. The van der Waals surface area contributed by atoms with Crippen LogP contribution in [0.1, 0.15) is 20.8 Å². The van der Waals surface area contributed by atoms with Crippen LogP contribution >= 0.6 is 0 Å². The molecule has 92 valence electrons. The lowest BCUT2D eigenvalue weighted by Crippen LogP contribution is -2.20. The molecule has 5 heteroatoms. The van der Waals surface area contributed by atoms with Crippen molar-refractivity contribution >= 4 is 6.41 Å². The molecule has 0 aliphatic heterocycles. The molecule has 0 aliphatic rings. The number of carbonyl (C=O) groups excluding carboxylic acids is 1. The molecule has 0 saturated carbocycles. The van der Waals surface area contributed by atoms with Crippen molar-refractivity contribution in [1.82, 2.24) is 4.90 Å². The van der Waals surface area contributed by atoms with Crippen LogP contribution in [0.15, 0.2) is 0 Å². The Balaban J connectivity index is 0. The minimum Gasteiger partial charge on any atom is -0.351 e. The van der Waals surface area contributed by atoms with Crippen LogP contribution in [0.3, 0.4) is 0 Å². The fourth-order valence-corrected chi connectivity index (χ4v) is 0.553. The molecule has 0 radical (unpaired) electrons. The van der Waals surface area contributed by atoms with Crippen molar-refractivity contribution in [3.05, 3.63) is 0 Å². The Labute approximate surface area is 92.3 Å². The Morgan fingerprint density at radius 1 is 1.00 bits per heavy atom. The first-order valence-electron chi connectivity index (χ1n) is 5.08. The summed E-state index contributed by atoms with van der Waals surface area (Å²) >= 11 is 0. The second-order valence-corrected chi connectivity index (χ2v) is 2.72. The van der Waals surface area contributed by atoms with Gasteiger partial charge in [0.05, 0.1) is 0 Å². The number of hydrogen-bond acceptors (Lipinski definition) is 4. The molecular weight excluding hydrogens is 198 g/mol. The predicted octanol–water partition coefficient (Wildman–Crippen LogP) is 1.08. The zero-order chi connectivity index (χ0) is 12.1. The van der Waals surface area contributed by atoms with E-state index in [-0.39, 0.29) is 0 Å². The topological polar surface area (TPSA) is 48.0 Å². The molecule has 0 unspecified atom stereocenters. The molecule has 0 fully saturated rings. The lowest BCUT2D eigenvalue weighted by atomic mass is 10.8. The lowest BCUT2D eigenvalue weighted by Gasteiger charge is -2.15. The van der Waals surface area contributed by atoms with E-state index in [0.717, 1.165) is 6.41 Å². The summed E-state index contributed by atoms with van der Waals surface area (Å²) in [6.07, 6.45) is 0.750. The summed E-state index contributed by atoms with van der Waals surface area (Å²) < 4.78 is 15.2. The van der Waals surface area contributed by atoms with Gasteiger partial charge in [-0.15, -0.1) is 0 Å². The van der Waals surface area contributed by atoms with Crippen molar-refractivity contribution in [2.45, 2.75) is 27.2 Å². The molecule has 0 aliphatic carbocycles. The normalized spacial score (nSPS) is 9.47. The molecule has 0 saturated heterocycles. The van der Waals surface area contributed by atoms with Gasteiger partial charge in [-0.3, -0.25) is 4.79 Å². The average Bonchev–Trinajstić information content (AvgIpc) is 2.20. The fraction of sp³-hybridized carbons (Fsp3) is 0.900. The van der Waals surface area contributed by atoms with E-state index < -0.39 is 6.48 Å². The summed E-state index contributed by atoms with van der Waals surface area (Å²) in [5, 5.41) is 0. The molecule has 15 heavy (non-hydrogen) atoms. The highest BCUT2D eigenvalue weighted by Crippen LogP contribution is 1.95. The summed E-state index contributed by atoms with van der Waals surface area (Å²) in [5.41, 5.74) is 0. The molecule has 0 atom stereocenters. The molecule has 0 rings (SSSR count). The van der Waals surface area contributed by atoms with E-state index in [9.17, 15) is 4.79 Å². The van der Waals surface area contributed by atoms with Gasteiger partial charge in [-0.1, -0.05) is 0 Å². The molecule has 0 aromatic carbocycles. The molecule has 0 N–H and O–H groups in total. The number of carbonyl (C=O) groups is 1. The third-order valence-corrected chi connectivity index (χ3v) is 1.12. The second-order valence-electron chi connectivity index (χ2n) is 2.72. The largest absolute Gasteiger partial charge is 0.351 e. The minimum absolute atomic E-state index is 0.472. The monoisotopic (exact) mass is 221 g/mol. The zero-order valence-electron chi connectivity index (χ0n) is 10.4. The molecule has 0 aromatic rings. The summed E-state index contributed by atoms with van der Waals surface area (Å²) in [6, 6.07) is 0. The smallest absolute Gasteiger partial charge is 0.271 e. The number of hydrogen-bond donors (Lipinski definition) is 0. The molecular formula is C10H23NO4. The molecule has 1 amide bonds. The Morgan fingerprint density at radius 3 is 1.40 bits per heavy atom. The SMILES string of the molecule is CCOC(OCC)OCC.CN(C)C=O. The quantitative estimate of drug-likeness (QED) is 0.477. The van der Waals surface area contributed by atoms with Gasteiger partial charge in [-0.05, 0) is 20.8 Å². The van der Waals surface area contributed by atoms with Gasteiger partial charge in [-0.2, -0.15) is 0 Å². The molecule has 0 bridgehead atoms. The van der Waals surface area contributed by atoms with Gasteiger partial charge in [0.25, 0.3) is 6.48 Å². The van der Waals surface area contributed by atoms with Crippen molar-refractivity contribution in [2.75, 3.05) is 33.9 Å². The number of rotatable bonds is 7. The Kier molecular flexibility index (Phi) is 14.9. The first-order valence-corrected chi connectivity index (χ1v) is 5.08. The highest BCUT2D eigenvalue weighted by Gasteiger charge is 2.04. The molecule has 0 spiro atoms. The van der Waals surface area contributed by atoms with Crippen LogP contribution in [-0.4, -0.2) is 51.7 Å². The molecule has 0 heterocycles. The maximum Gasteiger partial charge on any atom is 0.271 e. The standard InChI is InChI=1S/C7H16O3.C3H7NO/c1-4-8-7(9-5-2)10-6-3;1-4(2)3-5/h7H,4-6H2,1-3H3;3H,1-2H3. The third kappa shape index (κ3) is 16.1. The Bertz CT molecular complexity index is 116. The third-order valence-electron chi connectivity index (χ3n) is 1.12. The number of amides is 1. The predicted molar refractivity (Wildman–Crippen MR) is 58.4 cm³/mol. The number of ether oxygens (including phenoxy) is 3. The number of nitrogens with zero attached hydrogens (tertiary/aromatic N) is 1. The highest BCUT2D eigenvalue weighted by molar-refractivity contribution is 5.45. The van der Waals surface area contributed by atoms with E-state index in [1.54, 1.807) is 14.1 Å². The van der Waals surface area contributed by atoms with Crippen LogP contribution in [-0.2, 0) is 19.0 Å². The lowest BCUT2D eigenvalue weighted by molar-refractivity contribution is -0.282. The maximum atomic E-state index is 9.43. The highest BCUT2D eigenvalue weighted by atomic mass is 16.8. The van der Waals surface area contributed by atoms with Gasteiger partial charge in [0.1, 0.15) is 0 Å². The summed E-state index contributed by atoms with van der Waals surface area (Å²) in [6.45, 7) is 7.10. The summed E-state index contributed by atoms with van der Waals surface area (Å²) in [5.74, 6) is 0. The van der Waals surface area contributed by atoms with Crippen molar-refractivity contribution < 1.29 is 19.0 Å². The van der Waals surface area contributed by atoms with Crippen molar-refractivity contribution in [3.8, 4) is 0 Å². The summed E-state index contributed by atoms with van der Waals surface area (Å²) in [7, 11) is 3.38. The summed E-state index contributed by atoms with van der Waals surface area (Å²) in [4.78, 5) is 10.9. The van der Waals surface area contributed by atoms with Crippen LogP contribution < -0.4 is 0 Å². The van der Waals surface area contributed by atoms with E-state index >= 15 is 0 Å². The van der Waals surface area contributed by atoms with E-state index in [0.29, 0.717) is 19.8 Å².